The van der Waals surface area contributed by atoms with Gasteiger partial charge in [-0.1, -0.05) is 29.8 Å². The molecule has 0 saturated carbocycles. The van der Waals surface area contributed by atoms with Gasteiger partial charge in [0.05, 0.1) is 0 Å². The van der Waals surface area contributed by atoms with Gasteiger partial charge >= 0.3 is 5.97 Å². The predicted octanol–water partition coefficient (Wildman–Crippen LogP) is 5.05. The fraction of sp³-hybridized carbons (Fsp3) is 0.375. The van der Waals surface area contributed by atoms with Gasteiger partial charge in [-0.05, 0) is 62.6 Å². The summed E-state index contributed by atoms with van der Waals surface area (Å²) in [5.41, 5.74) is 3.19. The smallest absolute Gasteiger partial charge is 0.352 e. The Hall–Kier alpha value is -2.50. The third-order valence-electron chi connectivity index (χ3n) is 6.17. The van der Waals surface area contributed by atoms with Crippen LogP contribution in [-0.4, -0.2) is 52.7 Å². The summed E-state index contributed by atoms with van der Waals surface area (Å²) in [4.78, 5) is 19.9. The van der Waals surface area contributed by atoms with Crippen molar-refractivity contribution in [1.82, 2.24) is 9.88 Å². The van der Waals surface area contributed by atoms with Crippen molar-refractivity contribution >= 4 is 34.2 Å². The van der Waals surface area contributed by atoms with Gasteiger partial charge in [0.2, 0.25) is 0 Å². The molecule has 1 saturated heterocycles. The number of hydrogen-bond acceptors (Lipinski definition) is 3. The molecule has 0 amide bonds. The lowest BCUT2D eigenvalue weighted by Gasteiger charge is -2.33. The SMILES string of the molecule is CC1CN([C@@H](C)Cc2c(C(=O)O)[nH]c3ccc(Cl)cc23)CCCN1c1ccccc1. The zero-order chi connectivity index (χ0) is 21.3. The van der Waals surface area contributed by atoms with E-state index in [-0.39, 0.29) is 11.7 Å². The summed E-state index contributed by atoms with van der Waals surface area (Å²) in [6.07, 6.45) is 1.75. The van der Waals surface area contributed by atoms with Crippen molar-refractivity contribution in [2.45, 2.75) is 38.8 Å². The summed E-state index contributed by atoms with van der Waals surface area (Å²) >= 11 is 6.20. The Labute approximate surface area is 182 Å². The Kier molecular flexibility index (Phi) is 6.02. The third-order valence-corrected chi connectivity index (χ3v) is 6.40. The molecule has 5 nitrogen and oxygen atoms in total. The van der Waals surface area contributed by atoms with Crippen molar-refractivity contribution in [3.8, 4) is 0 Å². The Morgan fingerprint density at radius 1 is 1.23 bits per heavy atom. The van der Waals surface area contributed by atoms with Crippen LogP contribution in [-0.2, 0) is 6.42 Å². The zero-order valence-corrected chi connectivity index (χ0v) is 18.2. The molecule has 1 unspecified atom stereocenters. The second-order valence-electron chi connectivity index (χ2n) is 8.25. The van der Waals surface area contributed by atoms with Gasteiger partial charge in [0, 0.05) is 53.3 Å². The molecule has 2 atom stereocenters. The first-order valence-corrected chi connectivity index (χ1v) is 10.9. The van der Waals surface area contributed by atoms with E-state index in [0.29, 0.717) is 17.5 Å². The number of fused-ring (bicyclic) bond motifs is 1. The van der Waals surface area contributed by atoms with E-state index < -0.39 is 5.97 Å². The van der Waals surface area contributed by atoms with Gasteiger partial charge in [-0.15, -0.1) is 0 Å². The molecule has 0 aliphatic carbocycles. The number of aromatic nitrogens is 1. The number of nitrogens with one attached hydrogen (secondary N) is 1. The number of aromatic amines is 1. The lowest BCUT2D eigenvalue weighted by Crippen LogP contribution is -2.43. The normalized spacial score (nSPS) is 19.0. The van der Waals surface area contributed by atoms with Crippen LogP contribution < -0.4 is 4.90 Å². The number of aromatic carboxylic acids is 1. The van der Waals surface area contributed by atoms with Gasteiger partial charge in [0.1, 0.15) is 5.69 Å². The standard InChI is InChI=1S/C24H28ClN3O2/c1-16(13-21-20-14-18(25)9-10-22(20)26-23(21)24(29)30)27-11-6-12-28(17(2)15-27)19-7-4-3-5-8-19/h3-5,7-10,14,16-17,26H,6,11-13,15H2,1-2H3,(H,29,30)/t16-,17?/m0/s1. The second kappa shape index (κ2) is 8.70. The van der Waals surface area contributed by atoms with Crippen LogP contribution >= 0.6 is 11.6 Å². The van der Waals surface area contributed by atoms with E-state index in [1.165, 1.54) is 5.69 Å². The van der Waals surface area contributed by atoms with Crippen molar-refractivity contribution in [1.29, 1.82) is 0 Å². The van der Waals surface area contributed by atoms with Gasteiger partial charge in [-0.2, -0.15) is 0 Å². The van der Waals surface area contributed by atoms with Crippen LogP contribution in [0, 0.1) is 0 Å². The molecule has 1 aliphatic rings. The van der Waals surface area contributed by atoms with E-state index in [2.05, 4.69) is 52.9 Å². The summed E-state index contributed by atoms with van der Waals surface area (Å²) in [6, 6.07) is 16.7. The summed E-state index contributed by atoms with van der Waals surface area (Å²) in [5.74, 6) is -0.927. The fourth-order valence-corrected chi connectivity index (χ4v) is 4.81. The van der Waals surface area contributed by atoms with Crippen LogP contribution in [0.25, 0.3) is 10.9 Å². The molecule has 4 rings (SSSR count). The quantitative estimate of drug-likeness (QED) is 0.600. The highest BCUT2D eigenvalue weighted by molar-refractivity contribution is 6.31. The number of carboxylic acid groups (broad SMARTS) is 1. The van der Waals surface area contributed by atoms with Crippen LogP contribution in [0.1, 0.15) is 36.3 Å². The first-order valence-electron chi connectivity index (χ1n) is 10.5. The lowest BCUT2D eigenvalue weighted by molar-refractivity contribution is 0.0689. The number of carboxylic acids is 1. The van der Waals surface area contributed by atoms with E-state index in [9.17, 15) is 9.90 Å². The van der Waals surface area contributed by atoms with Crippen molar-refractivity contribution in [2.24, 2.45) is 0 Å². The van der Waals surface area contributed by atoms with Gasteiger partial charge < -0.3 is 15.0 Å². The highest BCUT2D eigenvalue weighted by Crippen LogP contribution is 2.28. The van der Waals surface area contributed by atoms with Crippen molar-refractivity contribution in [3.63, 3.8) is 0 Å². The molecule has 1 aliphatic heterocycles. The van der Waals surface area contributed by atoms with E-state index in [0.717, 1.165) is 42.5 Å². The minimum atomic E-state index is -0.927. The average molecular weight is 426 g/mol. The number of halogens is 1. The minimum Gasteiger partial charge on any atom is -0.477 e. The molecule has 2 heterocycles. The highest BCUT2D eigenvalue weighted by atomic mass is 35.5. The average Bonchev–Trinajstić information content (AvgIpc) is 2.95. The largest absolute Gasteiger partial charge is 0.477 e. The molecule has 0 bridgehead atoms. The molecule has 30 heavy (non-hydrogen) atoms. The number of rotatable bonds is 5. The van der Waals surface area contributed by atoms with Gasteiger partial charge in [-0.3, -0.25) is 4.90 Å². The molecule has 1 aromatic heterocycles. The van der Waals surface area contributed by atoms with Crippen LogP contribution in [0.2, 0.25) is 5.02 Å². The van der Waals surface area contributed by atoms with E-state index in [1.807, 2.05) is 18.2 Å². The summed E-state index contributed by atoms with van der Waals surface area (Å²) in [5, 5.41) is 11.2. The first kappa shape index (κ1) is 20.8. The number of hydrogen-bond donors (Lipinski definition) is 2. The Bertz CT molecular complexity index is 1030. The van der Waals surface area contributed by atoms with Gasteiger partial charge in [-0.25, -0.2) is 4.79 Å². The molecular weight excluding hydrogens is 398 g/mol. The summed E-state index contributed by atoms with van der Waals surface area (Å²) in [7, 11) is 0. The predicted molar refractivity (Wildman–Crippen MR) is 123 cm³/mol. The van der Waals surface area contributed by atoms with Crippen LogP contribution in [0.3, 0.4) is 0 Å². The van der Waals surface area contributed by atoms with Crippen LogP contribution in [0.5, 0.6) is 0 Å². The molecule has 6 heteroatoms. The van der Waals surface area contributed by atoms with E-state index in [1.54, 1.807) is 6.07 Å². The number of anilines is 1. The molecule has 2 aromatic carbocycles. The van der Waals surface area contributed by atoms with E-state index in [4.69, 9.17) is 11.6 Å². The number of H-pyrrole nitrogens is 1. The number of benzene rings is 2. The molecule has 0 radical (unpaired) electrons. The molecule has 3 aromatic rings. The number of para-hydroxylation sites is 1. The monoisotopic (exact) mass is 425 g/mol. The molecular formula is C24H28ClN3O2. The van der Waals surface area contributed by atoms with E-state index >= 15 is 0 Å². The first-order chi connectivity index (χ1) is 14.4. The zero-order valence-electron chi connectivity index (χ0n) is 17.4. The topological polar surface area (TPSA) is 59.6 Å². The molecule has 1 fully saturated rings. The number of carbonyl (C=O) groups is 1. The molecule has 0 spiro atoms. The van der Waals surface area contributed by atoms with Gasteiger partial charge in [0.25, 0.3) is 0 Å². The Morgan fingerprint density at radius 2 is 2.00 bits per heavy atom. The van der Waals surface area contributed by atoms with Crippen molar-refractivity contribution in [3.05, 3.63) is 64.8 Å². The van der Waals surface area contributed by atoms with Gasteiger partial charge in [0.15, 0.2) is 0 Å². The maximum absolute atomic E-state index is 11.9. The van der Waals surface area contributed by atoms with Crippen LogP contribution in [0.4, 0.5) is 5.69 Å². The summed E-state index contributed by atoms with van der Waals surface area (Å²) < 4.78 is 0. The fourth-order valence-electron chi connectivity index (χ4n) is 4.64. The summed E-state index contributed by atoms with van der Waals surface area (Å²) in [6.45, 7) is 7.44. The maximum Gasteiger partial charge on any atom is 0.352 e. The molecule has 158 valence electrons. The maximum atomic E-state index is 11.9. The second-order valence-corrected chi connectivity index (χ2v) is 8.69. The van der Waals surface area contributed by atoms with Crippen molar-refractivity contribution < 1.29 is 9.90 Å². The Morgan fingerprint density at radius 3 is 2.73 bits per heavy atom. The Balaban J connectivity index is 1.56. The minimum absolute atomic E-state index is 0.222. The highest BCUT2D eigenvalue weighted by Gasteiger charge is 2.27. The van der Waals surface area contributed by atoms with Crippen molar-refractivity contribution in [2.75, 3.05) is 24.5 Å². The lowest BCUT2D eigenvalue weighted by atomic mass is 10.0. The van der Waals surface area contributed by atoms with Crippen LogP contribution in [0.15, 0.2) is 48.5 Å². The third kappa shape index (κ3) is 4.18. The number of nitrogens with zero attached hydrogens (tertiary/aromatic N) is 2. The molecule has 2 N–H and O–H groups in total.